The maximum Gasteiger partial charge on any atom is 0.251 e. The molecule has 0 bridgehead atoms. The number of ether oxygens (including phenoxy) is 2. The van der Waals surface area contributed by atoms with Crippen molar-refractivity contribution in [1.82, 2.24) is 15.1 Å². The van der Waals surface area contributed by atoms with Gasteiger partial charge in [0.05, 0.1) is 11.4 Å². The van der Waals surface area contributed by atoms with Crippen molar-refractivity contribution in [3.05, 3.63) is 82.9 Å². The van der Waals surface area contributed by atoms with E-state index in [1.54, 1.807) is 30.3 Å². The fourth-order valence-corrected chi connectivity index (χ4v) is 4.33. The number of fused-ring (bicyclic) bond motifs is 1. The molecule has 2 unspecified atom stereocenters. The van der Waals surface area contributed by atoms with E-state index in [4.69, 9.17) is 9.47 Å². The molecule has 1 aromatic heterocycles. The van der Waals surface area contributed by atoms with Crippen LogP contribution in [0.3, 0.4) is 0 Å². The summed E-state index contributed by atoms with van der Waals surface area (Å²) in [7, 11) is 0. The van der Waals surface area contributed by atoms with Crippen molar-refractivity contribution in [2.45, 2.75) is 32.2 Å². The minimum absolute atomic E-state index is 0.0732. The third kappa shape index (κ3) is 3.56. The van der Waals surface area contributed by atoms with Gasteiger partial charge in [-0.3, -0.25) is 4.79 Å². The average Bonchev–Trinajstić information content (AvgIpc) is 3.47. The number of rotatable bonds is 4. The highest BCUT2D eigenvalue weighted by Crippen LogP contribution is 2.35. The number of amides is 1. The minimum atomic E-state index is -0.273. The molecule has 2 heterocycles. The maximum atomic E-state index is 13.3. The van der Waals surface area contributed by atoms with Gasteiger partial charge in [-0.15, -0.1) is 0 Å². The van der Waals surface area contributed by atoms with Gasteiger partial charge in [-0.25, -0.2) is 9.07 Å². The third-order valence-corrected chi connectivity index (χ3v) is 5.82. The molecule has 3 aromatic rings. The van der Waals surface area contributed by atoms with Crippen molar-refractivity contribution in [2.24, 2.45) is 0 Å². The number of hydrogen-bond acceptors (Lipinski definition) is 4. The van der Waals surface area contributed by atoms with Crippen molar-refractivity contribution < 1.29 is 18.7 Å². The zero-order valence-corrected chi connectivity index (χ0v) is 17.3. The fraction of sp³-hybridized carbons (Fsp3) is 0.250. The van der Waals surface area contributed by atoms with Crippen LogP contribution in [0, 0.1) is 19.7 Å². The van der Waals surface area contributed by atoms with E-state index < -0.39 is 0 Å². The smallest absolute Gasteiger partial charge is 0.251 e. The Morgan fingerprint density at radius 2 is 1.87 bits per heavy atom. The Morgan fingerprint density at radius 3 is 2.68 bits per heavy atom. The molecule has 2 aliphatic rings. The quantitative estimate of drug-likeness (QED) is 0.644. The Morgan fingerprint density at radius 1 is 1.10 bits per heavy atom. The van der Waals surface area contributed by atoms with Crippen LogP contribution in [-0.4, -0.2) is 28.5 Å². The number of hydrogen-bond donors (Lipinski definition) is 1. The normalized spacial score (nSPS) is 19.1. The summed E-state index contributed by atoms with van der Waals surface area (Å²) in [4.78, 5) is 12.7. The number of aromatic nitrogens is 2. The number of carbonyl (C=O) groups is 1. The predicted octanol–water partition coefficient (Wildman–Crippen LogP) is 4.20. The molecule has 1 N–H and O–H groups in total. The lowest BCUT2D eigenvalue weighted by Gasteiger charge is -2.15. The first-order valence-electron chi connectivity index (χ1n) is 10.2. The number of benzene rings is 2. The number of aryl methyl sites for hydroxylation is 1. The van der Waals surface area contributed by atoms with Gasteiger partial charge in [0.15, 0.2) is 11.5 Å². The summed E-state index contributed by atoms with van der Waals surface area (Å²) >= 11 is 0. The van der Waals surface area contributed by atoms with E-state index >= 15 is 0 Å². The molecular formula is C24H22FN3O3. The zero-order valence-electron chi connectivity index (χ0n) is 17.3. The first kappa shape index (κ1) is 19.4. The minimum Gasteiger partial charge on any atom is -0.454 e. The summed E-state index contributed by atoms with van der Waals surface area (Å²) in [5, 5.41) is 7.75. The van der Waals surface area contributed by atoms with E-state index in [2.05, 4.69) is 16.5 Å². The van der Waals surface area contributed by atoms with Crippen LogP contribution in [0.5, 0.6) is 11.5 Å². The molecule has 7 heteroatoms. The van der Waals surface area contributed by atoms with Gasteiger partial charge < -0.3 is 14.8 Å². The monoisotopic (exact) mass is 419 g/mol. The van der Waals surface area contributed by atoms with Gasteiger partial charge >= 0.3 is 0 Å². The molecule has 0 saturated heterocycles. The lowest BCUT2D eigenvalue weighted by Crippen LogP contribution is -2.32. The summed E-state index contributed by atoms with van der Waals surface area (Å²) < 4.78 is 25.8. The van der Waals surface area contributed by atoms with Crippen molar-refractivity contribution in [1.29, 1.82) is 0 Å². The van der Waals surface area contributed by atoms with Gasteiger partial charge in [-0.1, -0.05) is 12.2 Å². The molecule has 0 radical (unpaired) electrons. The average molecular weight is 419 g/mol. The topological polar surface area (TPSA) is 65.4 Å². The number of allylic oxidation sites excluding steroid dienone is 1. The van der Waals surface area contributed by atoms with Crippen molar-refractivity contribution in [3.63, 3.8) is 0 Å². The van der Waals surface area contributed by atoms with Crippen LogP contribution < -0.4 is 14.8 Å². The molecule has 1 amide bonds. The van der Waals surface area contributed by atoms with Crippen molar-refractivity contribution >= 4 is 5.91 Å². The van der Waals surface area contributed by atoms with E-state index in [0.29, 0.717) is 17.1 Å². The standard InChI is InChI=1S/C24H22FN3O3/c1-14-23(15(2)28(27-14)20-8-5-18(25)6-9-20)16-3-7-19(11-16)26-24(29)17-4-10-21-22(12-17)31-13-30-21/h3-10,12,16,19H,11,13H2,1-2H3,(H,26,29). The third-order valence-electron chi connectivity index (χ3n) is 5.82. The molecule has 5 rings (SSSR count). The second kappa shape index (κ2) is 7.58. The number of halogens is 1. The Bertz CT molecular complexity index is 1180. The summed E-state index contributed by atoms with van der Waals surface area (Å²) in [6, 6.07) is 11.4. The maximum absolute atomic E-state index is 13.3. The number of nitrogens with zero attached hydrogens (tertiary/aromatic N) is 2. The van der Waals surface area contributed by atoms with Gasteiger partial charge in [0.2, 0.25) is 6.79 Å². The largest absolute Gasteiger partial charge is 0.454 e. The van der Waals surface area contributed by atoms with Crippen LogP contribution in [0.2, 0.25) is 0 Å². The van der Waals surface area contributed by atoms with Crippen LogP contribution in [0.25, 0.3) is 5.69 Å². The van der Waals surface area contributed by atoms with Gasteiger partial charge in [-0.2, -0.15) is 5.10 Å². The highest BCUT2D eigenvalue weighted by Gasteiger charge is 2.27. The van der Waals surface area contributed by atoms with E-state index in [9.17, 15) is 9.18 Å². The van der Waals surface area contributed by atoms with E-state index in [1.807, 2.05) is 24.6 Å². The lowest BCUT2D eigenvalue weighted by molar-refractivity contribution is 0.0943. The molecule has 2 aromatic carbocycles. The summed E-state index contributed by atoms with van der Waals surface area (Å²) in [6.45, 7) is 4.18. The van der Waals surface area contributed by atoms with Crippen LogP contribution in [0.15, 0.2) is 54.6 Å². The number of nitrogens with one attached hydrogen (secondary N) is 1. The first-order chi connectivity index (χ1) is 15.0. The first-order valence-corrected chi connectivity index (χ1v) is 10.2. The molecule has 0 fully saturated rings. The Balaban J connectivity index is 1.30. The summed E-state index contributed by atoms with van der Waals surface area (Å²) in [6.07, 6.45) is 4.91. The summed E-state index contributed by atoms with van der Waals surface area (Å²) in [5.74, 6) is 0.971. The molecule has 158 valence electrons. The Labute approximate surface area is 179 Å². The molecule has 2 atom stereocenters. The van der Waals surface area contributed by atoms with Crippen LogP contribution in [0.1, 0.15) is 39.6 Å². The second-order valence-corrected chi connectivity index (χ2v) is 7.85. The SMILES string of the molecule is Cc1nn(-c2ccc(F)cc2)c(C)c1C1C=CC(NC(=O)c2ccc3c(c2)OCO3)C1. The van der Waals surface area contributed by atoms with E-state index in [-0.39, 0.29) is 30.5 Å². The van der Waals surface area contributed by atoms with Crippen LogP contribution in [-0.2, 0) is 0 Å². The second-order valence-electron chi connectivity index (χ2n) is 7.85. The molecule has 0 saturated carbocycles. The van der Waals surface area contributed by atoms with Gasteiger partial charge in [0.1, 0.15) is 5.82 Å². The zero-order chi connectivity index (χ0) is 21.5. The van der Waals surface area contributed by atoms with Gasteiger partial charge in [0, 0.05) is 28.8 Å². The van der Waals surface area contributed by atoms with E-state index in [1.165, 1.54) is 12.1 Å². The van der Waals surface area contributed by atoms with Crippen molar-refractivity contribution in [2.75, 3.05) is 6.79 Å². The molecule has 6 nitrogen and oxygen atoms in total. The Kier molecular flexibility index (Phi) is 4.73. The highest BCUT2D eigenvalue weighted by molar-refractivity contribution is 5.95. The fourth-order valence-electron chi connectivity index (χ4n) is 4.33. The van der Waals surface area contributed by atoms with Crippen LogP contribution >= 0.6 is 0 Å². The van der Waals surface area contributed by atoms with Gasteiger partial charge in [0.25, 0.3) is 5.91 Å². The lowest BCUT2D eigenvalue weighted by atomic mass is 9.96. The Hall–Kier alpha value is -3.61. The molecule has 31 heavy (non-hydrogen) atoms. The molecule has 1 aliphatic carbocycles. The van der Waals surface area contributed by atoms with Crippen LogP contribution in [0.4, 0.5) is 4.39 Å². The molecular weight excluding hydrogens is 397 g/mol. The number of carbonyl (C=O) groups excluding carboxylic acids is 1. The molecule has 0 spiro atoms. The predicted molar refractivity (Wildman–Crippen MR) is 113 cm³/mol. The van der Waals surface area contributed by atoms with Crippen molar-refractivity contribution in [3.8, 4) is 17.2 Å². The highest BCUT2D eigenvalue weighted by atomic mass is 19.1. The van der Waals surface area contributed by atoms with Gasteiger partial charge in [-0.05, 0) is 62.7 Å². The molecule has 1 aliphatic heterocycles. The van der Waals surface area contributed by atoms with E-state index in [0.717, 1.165) is 29.1 Å². The summed E-state index contributed by atoms with van der Waals surface area (Å²) in [5.41, 5.74) is 4.45.